The molecule has 0 heterocycles. The number of amides is 1. The third-order valence-corrected chi connectivity index (χ3v) is 2.57. The van der Waals surface area contributed by atoms with E-state index in [0.29, 0.717) is 0 Å². The molecule has 1 atom stereocenters. The van der Waals surface area contributed by atoms with Gasteiger partial charge < -0.3 is 15.2 Å². The van der Waals surface area contributed by atoms with Gasteiger partial charge in [-0.25, -0.2) is 4.79 Å². The van der Waals surface area contributed by atoms with E-state index in [9.17, 15) is 9.59 Å². The van der Waals surface area contributed by atoms with Crippen molar-refractivity contribution in [2.24, 2.45) is 0 Å². The van der Waals surface area contributed by atoms with E-state index < -0.39 is 12.6 Å². The van der Waals surface area contributed by atoms with Gasteiger partial charge in [0.1, 0.15) is 13.2 Å². The summed E-state index contributed by atoms with van der Waals surface area (Å²) in [4.78, 5) is 21.6. The molecule has 1 amide bonds. The average molecular weight is 265 g/mol. The minimum atomic E-state index is -1.08. The van der Waals surface area contributed by atoms with Crippen molar-refractivity contribution in [1.29, 1.82) is 0 Å². The number of ether oxygens (including phenoxy) is 1. The predicted octanol–water partition coefficient (Wildman–Crippen LogP) is 1.23. The molecule has 0 spiro atoms. The zero-order valence-electron chi connectivity index (χ0n) is 11.0. The van der Waals surface area contributed by atoms with Gasteiger partial charge in [-0.3, -0.25) is 4.79 Å². The highest BCUT2D eigenvalue weighted by molar-refractivity contribution is 5.78. The van der Waals surface area contributed by atoms with Gasteiger partial charge in [0.25, 0.3) is 0 Å². The van der Waals surface area contributed by atoms with Crippen LogP contribution in [-0.4, -0.2) is 36.2 Å². The van der Waals surface area contributed by atoms with Crippen molar-refractivity contribution in [3.8, 4) is 0 Å². The first-order valence-electron chi connectivity index (χ1n) is 6.20. The Balaban J connectivity index is 2.18. The van der Waals surface area contributed by atoms with Gasteiger partial charge in [0.05, 0.1) is 0 Å². The molecule has 104 valence electrons. The standard InChI is InChI=1S/C14H19NO4/c1-11(7-8-12-5-3-2-4-6-12)15-13(16)9-19-10-14(17)18/h2-6,11H,7-10H2,1H3,(H,15,16)(H,17,18)/t11-/m1/s1. The minimum Gasteiger partial charge on any atom is -0.480 e. The highest BCUT2D eigenvalue weighted by Gasteiger charge is 2.08. The lowest BCUT2D eigenvalue weighted by Crippen LogP contribution is -2.36. The van der Waals surface area contributed by atoms with Gasteiger partial charge in [0.2, 0.25) is 5.91 Å². The van der Waals surface area contributed by atoms with Crippen LogP contribution in [0.1, 0.15) is 18.9 Å². The number of aliphatic carboxylic acids is 1. The van der Waals surface area contributed by atoms with Crippen molar-refractivity contribution in [2.45, 2.75) is 25.8 Å². The van der Waals surface area contributed by atoms with Crippen LogP contribution in [0.15, 0.2) is 30.3 Å². The molecule has 0 aliphatic heterocycles. The van der Waals surface area contributed by atoms with Crippen molar-refractivity contribution < 1.29 is 19.4 Å². The molecular weight excluding hydrogens is 246 g/mol. The smallest absolute Gasteiger partial charge is 0.329 e. The summed E-state index contributed by atoms with van der Waals surface area (Å²) in [5, 5.41) is 11.1. The van der Waals surface area contributed by atoms with E-state index in [-0.39, 0.29) is 18.6 Å². The van der Waals surface area contributed by atoms with Gasteiger partial charge in [-0.2, -0.15) is 0 Å². The fraction of sp³-hybridized carbons (Fsp3) is 0.429. The highest BCUT2D eigenvalue weighted by Crippen LogP contribution is 2.04. The quantitative estimate of drug-likeness (QED) is 0.741. The van der Waals surface area contributed by atoms with E-state index >= 15 is 0 Å². The lowest BCUT2D eigenvalue weighted by atomic mass is 10.1. The number of carboxylic acids is 1. The Hall–Kier alpha value is -1.88. The third kappa shape index (κ3) is 7.21. The van der Waals surface area contributed by atoms with Crippen LogP contribution in [0.5, 0.6) is 0 Å². The molecule has 5 nitrogen and oxygen atoms in total. The second-order valence-electron chi connectivity index (χ2n) is 4.38. The first-order chi connectivity index (χ1) is 9.08. The number of aryl methyl sites for hydroxylation is 1. The first-order valence-corrected chi connectivity index (χ1v) is 6.20. The maximum absolute atomic E-state index is 11.4. The molecule has 1 rings (SSSR count). The summed E-state index contributed by atoms with van der Waals surface area (Å²) in [6.45, 7) is 1.24. The molecule has 0 aliphatic carbocycles. The third-order valence-electron chi connectivity index (χ3n) is 2.57. The van der Waals surface area contributed by atoms with Crippen LogP contribution in [0, 0.1) is 0 Å². The number of carboxylic acid groups (broad SMARTS) is 1. The Kier molecular flexibility index (Phi) is 6.60. The minimum absolute atomic E-state index is 0.0288. The average Bonchev–Trinajstić information content (AvgIpc) is 2.37. The molecule has 0 bridgehead atoms. The molecule has 0 fully saturated rings. The molecule has 0 saturated carbocycles. The largest absolute Gasteiger partial charge is 0.480 e. The van der Waals surface area contributed by atoms with E-state index in [2.05, 4.69) is 5.32 Å². The van der Waals surface area contributed by atoms with Gasteiger partial charge in [0, 0.05) is 6.04 Å². The summed E-state index contributed by atoms with van der Waals surface area (Å²) in [6.07, 6.45) is 1.72. The second kappa shape index (κ2) is 8.26. The maximum atomic E-state index is 11.4. The fourth-order valence-corrected chi connectivity index (χ4v) is 1.65. The van der Waals surface area contributed by atoms with E-state index in [1.165, 1.54) is 5.56 Å². The first kappa shape index (κ1) is 15.2. The Morgan fingerprint density at radius 2 is 1.95 bits per heavy atom. The summed E-state index contributed by atoms with van der Waals surface area (Å²) in [7, 11) is 0. The highest BCUT2D eigenvalue weighted by atomic mass is 16.5. The van der Waals surface area contributed by atoms with Crippen LogP contribution in [0.4, 0.5) is 0 Å². The van der Waals surface area contributed by atoms with Crippen LogP contribution < -0.4 is 5.32 Å². The van der Waals surface area contributed by atoms with E-state index in [0.717, 1.165) is 12.8 Å². The summed E-state index contributed by atoms with van der Waals surface area (Å²) in [5.74, 6) is -1.37. The van der Waals surface area contributed by atoms with Crippen LogP contribution >= 0.6 is 0 Å². The van der Waals surface area contributed by atoms with Crippen molar-refractivity contribution in [1.82, 2.24) is 5.32 Å². The topological polar surface area (TPSA) is 75.6 Å². The molecule has 0 unspecified atom stereocenters. The molecule has 1 aromatic carbocycles. The molecule has 0 aromatic heterocycles. The van der Waals surface area contributed by atoms with E-state index in [4.69, 9.17) is 9.84 Å². The normalized spacial score (nSPS) is 11.8. The Bertz CT molecular complexity index is 405. The number of benzene rings is 1. The number of hydrogen-bond acceptors (Lipinski definition) is 3. The number of carbonyl (C=O) groups is 2. The molecule has 5 heteroatoms. The molecule has 1 aromatic rings. The van der Waals surface area contributed by atoms with Gasteiger partial charge in [-0.15, -0.1) is 0 Å². The zero-order chi connectivity index (χ0) is 14.1. The van der Waals surface area contributed by atoms with E-state index in [1.54, 1.807) is 0 Å². The Morgan fingerprint density at radius 3 is 2.58 bits per heavy atom. The monoisotopic (exact) mass is 265 g/mol. The van der Waals surface area contributed by atoms with Gasteiger partial charge >= 0.3 is 5.97 Å². The molecule has 0 aliphatic rings. The van der Waals surface area contributed by atoms with Crippen molar-refractivity contribution in [2.75, 3.05) is 13.2 Å². The fourth-order valence-electron chi connectivity index (χ4n) is 1.65. The summed E-state index contributed by atoms with van der Waals surface area (Å²) < 4.78 is 4.71. The molecule has 0 radical (unpaired) electrons. The van der Waals surface area contributed by atoms with Gasteiger partial charge in [0.15, 0.2) is 0 Å². The molecule has 19 heavy (non-hydrogen) atoms. The summed E-state index contributed by atoms with van der Waals surface area (Å²) >= 11 is 0. The molecule has 0 saturated heterocycles. The molecular formula is C14H19NO4. The van der Waals surface area contributed by atoms with Gasteiger partial charge in [-0.1, -0.05) is 30.3 Å². The van der Waals surface area contributed by atoms with Crippen molar-refractivity contribution >= 4 is 11.9 Å². The predicted molar refractivity (Wildman–Crippen MR) is 70.8 cm³/mol. The number of nitrogens with one attached hydrogen (secondary N) is 1. The Morgan fingerprint density at radius 1 is 1.26 bits per heavy atom. The van der Waals surface area contributed by atoms with Crippen molar-refractivity contribution in [3.05, 3.63) is 35.9 Å². The van der Waals surface area contributed by atoms with E-state index in [1.807, 2.05) is 37.3 Å². The zero-order valence-corrected chi connectivity index (χ0v) is 11.0. The van der Waals surface area contributed by atoms with Crippen LogP contribution in [0.25, 0.3) is 0 Å². The summed E-state index contributed by atoms with van der Waals surface area (Å²) in [6, 6.07) is 10.1. The molecule has 2 N–H and O–H groups in total. The second-order valence-corrected chi connectivity index (χ2v) is 4.38. The lowest BCUT2D eigenvalue weighted by Gasteiger charge is -2.13. The SMILES string of the molecule is C[C@H](CCc1ccccc1)NC(=O)COCC(=O)O. The number of hydrogen-bond donors (Lipinski definition) is 2. The van der Waals surface area contributed by atoms with Crippen molar-refractivity contribution in [3.63, 3.8) is 0 Å². The Labute approximate surface area is 112 Å². The lowest BCUT2D eigenvalue weighted by molar-refractivity contribution is -0.143. The van der Waals surface area contributed by atoms with Crippen LogP contribution in [-0.2, 0) is 20.7 Å². The number of carbonyl (C=O) groups excluding carboxylic acids is 1. The maximum Gasteiger partial charge on any atom is 0.329 e. The summed E-state index contributed by atoms with van der Waals surface area (Å²) in [5.41, 5.74) is 1.23. The number of rotatable bonds is 8. The van der Waals surface area contributed by atoms with Gasteiger partial charge in [-0.05, 0) is 25.3 Å². The van der Waals surface area contributed by atoms with Crippen LogP contribution in [0.3, 0.4) is 0 Å². The van der Waals surface area contributed by atoms with Crippen LogP contribution in [0.2, 0.25) is 0 Å².